The number of fused-ring (bicyclic) bond motifs is 1. The molecule has 2 N–H and O–H groups in total. The Hall–Kier alpha value is -2.15. The van der Waals surface area contributed by atoms with Crippen LogP contribution in [0.3, 0.4) is 0 Å². The van der Waals surface area contributed by atoms with E-state index in [2.05, 4.69) is 38.7 Å². The molecule has 5 rings (SSSR count). The first kappa shape index (κ1) is 17.3. The topological polar surface area (TPSA) is 78.5 Å². The monoisotopic (exact) mass is 417 g/mol. The fraction of sp³-hybridized carbons (Fsp3) is 0.421. The van der Waals surface area contributed by atoms with Gasteiger partial charge in [-0.2, -0.15) is 0 Å². The van der Waals surface area contributed by atoms with E-state index in [9.17, 15) is 14.4 Å². The van der Waals surface area contributed by atoms with Crippen molar-refractivity contribution in [2.24, 2.45) is 23.7 Å². The van der Waals surface area contributed by atoms with Gasteiger partial charge >= 0.3 is 6.03 Å². The van der Waals surface area contributed by atoms with Crippen LogP contribution in [0.25, 0.3) is 0 Å². The predicted molar refractivity (Wildman–Crippen MR) is 99.9 cm³/mol. The molecule has 0 radical (unpaired) electrons. The van der Waals surface area contributed by atoms with Crippen molar-refractivity contribution in [1.82, 2.24) is 10.2 Å². The maximum absolute atomic E-state index is 12.9. The minimum absolute atomic E-state index is 0.148. The van der Waals surface area contributed by atoms with Crippen LogP contribution < -0.4 is 10.6 Å². The van der Waals surface area contributed by atoms with Gasteiger partial charge in [0.1, 0.15) is 6.17 Å². The first-order valence-electron chi connectivity index (χ1n) is 8.84. The van der Waals surface area contributed by atoms with Gasteiger partial charge in [0.15, 0.2) is 0 Å². The molecular weight excluding hydrogens is 398 g/mol. The normalized spacial score (nSPS) is 30.3. The Labute approximate surface area is 160 Å². The van der Waals surface area contributed by atoms with Crippen molar-refractivity contribution < 1.29 is 14.4 Å². The lowest BCUT2D eigenvalue weighted by atomic mass is 9.63. The van der Waals surface area contributed by atoms with E-state index in [0.29, 0.717) is 5.69 Å². The van der Waals surface area contributed by atoms with Crippen LogP contribution in [0.2, 0.25) is 0 Å². The number of nitrogens with one attached hydrogen (secondary N) is 2. The highest BCUT2D eigenvalue weighted by atomic mass is 79.9. The zero-order valence-corrected chi connectivity index (χ0v) is 15.9. The Bertz CT molecular complexity index is 760. The molecule has 0 unspecified atom stereocenters. The lowest BCUT2D eigenvalue weighted by molar-refractivity contribution is -0.142. The molecule has 5 atom stereocenters. The smallest absolute Gasteiger partial charge is 0.317 e. The van der Waals surface area contributed by atoms with E-state index in [0.717, 1.165) is 17.3 Å². The second kappa shape index (κ2) is 6.54. The number of benzene rings is 1. The summed E-state index contributed by atoms with van der Waals surface area (Å²) in [5.74, 6) is -0.536. The van der Waals surface area contributed by atoms with E-state index in [1.165, 1.54) is 4.90 Å². The molecule has 2 bridgehead atoms. The maximum Gasteiger partial charge on any atom is 0.320 e. The first-order valence-corrected chi connectivity index (χ1v) is 9.63. The number of hydrogen-bond donors (Lipinski definition) is 2. The largest absolute Gasteiger partial charge is 0.320 e. The number of nitrogens with zero attached hydrogens (tertiary/aromatic N) is 1. The van der Waals surface area contributed by atoms with Gasteiger partial charge in [0.05, 0.1) is 11.8 Å². The molecule has 1 saturated carbocycles. The minimum Gasteiger partial charge on any atom is -0.317 e. The van der Waals surface area contributed by atoms with Crippen LogP contribution >= 0.6 is 15.9 Å². The van der Waals surface area contributed by atoms with Gasteiger partial charge < -0.3 is 10.6 Å². The van der Waals surface area contributed by atoms with Gasteiger partial charge in [0.2, 0.25) is 11.8 Å². The number of anilines is 1. The van der Waals surface area contributed by atoms with E-state index < -0.39 is 12.2 Å². The van der Waals surface area contributed by atoms with Gasteiger partial charge in [0.25, 0.3) is 0 Å². The number of allylic oxidation sites excluding steroid dienone is 2. The van der Waals surface area contributed by atoms with Crippen LogP contribution in [0.5, 0.6) is 0 Å². The summed E-state index contributed by atoms with van der Waals surface area (Å²) in [7, 11) is 0. The molecule has 1 aliphatic heterocycles. The Morgan fingerprint density at radius 2 is 1.62 bits per heavy atom. The van der Waals surface area contributed by atoms with Crippen LogP contribution in [0, 0.1) is 23.7 Å². The lowest BCUT2D eigenvalue weighted by Gasteiger charge is -2.38. The molecule has 136 valence electrons. The summed E-state index contributed by atoms with van der Waals surface area (Å²) in [6.07, 6.45) is 5.41. The van der Waals surface area contributed by atoms with Crippen molar-refractivity contribution in [3.05, 3.63) is 40.9 Å². The standard InChI is InChI=1S/C19H20BrN3O3/c1-10(21-19(26)22-14-8-6-13(20)7-9-14)23-17(24)15-11-2-3-12(5-4-11)16(15)18(23)25/h2-3,6-12,15-16H,4-5H2,1H3,(H2,21,22,26)/t10-,11+,12+,15-,16-/m1/s1. The Morgan fingerprint density at radius 3 is 2.12 bits per heavy atom. The third-order valence-corrected chi connectivity index (χ3v) is 6.15. The molecule has 1 saturated heterocycles. The highest BCUT2D eigenvalue weighted by Crippen LogP contribution is 2.49. The van der Waals surface area contributed by atoms with Gasteiger partial charge in [-0.3, -0.25) is 14.5 Å². The molecular formula is C19H20BrN3O3. The average Bonchev–Trinajstić information content (AvgIpc) is 2.91. The van der Waals surface area contributed by atoms with Crippen molar-refractivity contribution in [2.75, 3.05) is 5.32 Å². The molecule has 1 heterocycles. The first-order chi connectivity index (χ1) is 12.5. The number of hydrogen-bond acceptors (Lipinski definition) is 3. The SMILES string of the molecule is C[C@H](NC(=O)Nc1ccc(Br)cc1)N1C(=O)[C@H]2[C@H](C1=O)[C@H]1C=C[C@H]2CC1. The summed E-state index contributed by atoms with van der Waals surface area (Å²) in [6.45, 7) is 1.67. The second-order valence-corrected chi connectivity index (χ2v) is 8.09. The summed E-state index contributed by atoms with van der Waals surface area (Å²) in [5.41, 5.74) is 0.632. The van der Waals surface area contributed by atoms with Crippen molar-refractivity contribution in [3.8, 4) is 0 Å². The number of carbonyl (C=O) groups excluding carboxylic acids is 3. The predicted octanol–water partition coefficient (Wildman–Crippen LogP) is 3.11. The van der Waals surface area contributed by atoms with Crippen LogP contribution in [-0.4, -0.2) is 28.9 Å². The number of likely N-dealkylation sites (tertiary alicyclic amines) is 1. The third kappa shape index (κ3) is 2.84. The Morgan fingerprint density at radius 1 is 1.08 bits per heavy atom. The molecule has 4 amide bonds. The summed E-state index contributed by atoms with van der Waals surface area (Å²) in [5, 5.41) is 5.42. The van der Waals surface area contributed by atoms with Gasteiger partial charge in [-0.05, 0) is 55.9 Å². The van der Waals surface area contributed by atoms with E-state index in [1.54, 1.807) is 19.1 Å². The summed E-state index contributed by atoms with van der Waals surface area (Å²) < 4.78 is 0.913. The Balaban J connectivity index is 1.44. The average molecular weight is 418 g/mol. The number of amides is 4. The molecule has 2 fully saturated rings. The highest BCUT2D eigenvalue weighted by molar-refractivity contribution is 9.10. The summed E-state index contributed by atoms with van der Waals surface area (Å²) in [4.78, 5) is 39.2. The molecule has 1 aromatic rings. The zero-order valence-electron chi connectivity index (χ0n) is 14.3. The zero-order chi connectivity index (χ0) is 18.4. The molecule has 3 aliphatic carbocycles. The fourth-order valence-corrected chi connectivity index (χ4v) is 4.70. The quantitative estimate of drug-likeness (QED) is 0.585. The minimum atomic E-state index is -0.685. The summed E-state index contributed by atoms with van der Waals surface area (Å²) >= 11 is 3.34. The molecule has 26 heavy (non-hydrogen) atoms. The van der Waals surface area contributed by atoms with E-state index in [4.69, 9.17) is 0 Å². The van der Waals surface area contributed by atoms with E-state index >= 15 is 0 Å². The third-order valence-electron chi connectivity index (χ3n) is 5.62. The van der Waals surface area contributed by atoms with Crippen molar-refractivity contribution in [1.29, 1.82) is 0 Å². The number of carbonyl (C=O) groups is 3. The van der Waals surface area contributed by atoms with Crippen molar-refractivity contribution in [2.45, 2.75) is 25.9 Å². The number of halogens is 1. The molecule has 6 nitrogen and oxygen atoms in total. The van der Waals surface area contributed by atoms with Crippen LogP contribution in [0.4, 0.5) is 10.5 Å². The molecule has 0 aromatic heterocycles. The van der Waals surface area contributed by atoms with Crippen molar-refractivity contribution >= 4 is 39.5 Å². The summed E-state index contributed by atoms with van der Waals surface area (Å²) in [6, 6.07) is 6.72. The van der Waals surface area contributed by atoms with Gasteiger partial charge in [-0.15, -0.1) is 0 Å². The maximum atomic E-state index is 12.9. The molecule has 4 aliphatic rings. The van der Waals surface area contributed by atoms with Crippen molar-refractivity contribution in [3.63, 3.8) is 0 Å². The number of urea groups is 1. The molecule has 7 heteroatoms. The fourth-order valence-electron chi connectivity index (χ4n) is 4.43. The van der Waals surface area contributed by atoms with E-state index in [-0.39, 0.29) is 35.5 Å². The second-order valence-electron chi connectivity index (χ2n) is 7.17. The highest BCUT2D eigenvalue weighted by Gasteiger charge is 2.57. The van der Waals surface area contributed by atoms with Crippen LogP contribution in [0.15, 0.2) is 40.9 Å². The number of rotatable bonds is 3. The van der Waals surface area contributed by atoms with E-state index in [1.807, 2.05) is 12.1 Å². The molecule has 0 spiro atoms. The molecule has 1 aromatic carbocycles. The van der Waals surface area contributed by atoms with Crippen LogP contribution in [0.1, 0.15) is 19.8 Å². The Kier molecular flexibility index (Phi) is 4.34. The van der Waals surface area contributed by atoms with Crippen LogP contribution in [-0.2, 0) is 9.59 Å². The van der Waals surface area contributed by atoms with Gasteiger partial charge in [-0.25, -0.2) is 4.79 Å². The van der Waals surface area contributed by atoms with Gasteiger partial charge in [-0.1, -0.05) is 28.1 Å². The lowest BCUT2D eigenvalue weighted by Crippen LogP contribution is -2.50. The number of imide groups is 1. The van der Waals surface area contributed by atoms with Gasteiger partial charge in [0, 0.05) is 10.2 Å².